The van der Waals surface area contributed by atoms with Gasteiger partial charge in [0.1, 0.15) is 18.2 Å². The number of nitrogens with zero attached hydrogens (tertiary/aromatic N) is 3. The van der Waals surface area contributed by atoms with E-state index in [4.69, 9.17) is 0 Å². The van der Waals surface area contributed by atoms with Crippen molar-refractivity contribution in [3.8, 4) is 0 Å². The van der Waals surface area contributed by atoms with Gasteiger partial charge in [0, 0.05) is 36.6 Å². The number of carbonyl (C=O) groups is 2. The minimum absolute atomic E-state index is 0.0444. The second kappa shape index (κ2) is 13.5. The molecular formula is C32H39F2N3O2. The second-order valence-electron chi connectivity index (χ2n) is 11.0. The molecule has 208 valence electrons. The highest BCUT2D eigenvalue weighted by Crippen LogP contribution is 2.25. The Morgan fingerprint density at radius 1 is 0.949 bits per heavy atom. The Morgan fingerprint density at radius 3 is 2.38 bits per heavy atom. The van der Waals surface area contributed by atoms with E-state index in [1.807, 2.05) is 23.2 Å². The molecule has 0 aliphatic heterocycles. The minimum Gasteiger partial charge on any atom is -0.345 e. The summed E-state index contributed by atoms with van der Waals surface area (Å²) >= 11 is 0. The Morgan fingerprint density at radius 2 is 1.69 bits per heavy atom. The Balaban J connectivity index is 1.55. The van der Waals surface area contributed by atoms with E-state index in [1.54, 1.807) is 23.1 Å². The molecule has 0 bridgehead atoms. The number of halogens is 2. The zero-order valence-electron chi connectivity index (χ0n) is 23.0. The van der Waals surface area contributed by atoms with Crippen LogP contribution in [0.4, 0.5) is 8.78 Å². The minimum atomic E-state index is -0.471. The van der Waals surface area contributed by atoms with Crippen LogP contribution in [-0.2, 0) is 17.9 Å². The van der Waals surface area contributed by atoms with Gasteiger partial charge in [-0.2, -0.15) is 0 Å². The maximum atomic E-state index is 13.9. The first kappa shape index (κ1) is 28.5. The molecular weight excluding hydrogens is 496 g/mol. The monoisotopic (exact) mass is 535 g/mol. The summed E-state index contributed by atoms with van der Waals surface area (Å²) in [7, 11) is 0. The third kappa shape index (κ3) is 8.01. The fourth-order valence-corrected chi connectivity index (χ4v) is 5.25. The van der Waals surface area contributed by atoms with Crippen molar-refractivity contribution in [1.82, 2.24) is 14.4 Å². The van der Waals surface area contributed by atoms with Gasteiger partial charge in [-0.25, -0.2) is 8.78 Å². The molecule has 4 rings (SSSR count). The van der Waals surface area contributed by atoms with Crippen LogP contribution in [0.2, 0.25) is 0 Å². The van der Waals surface area contributed by atoms with Gasteiger partial charge in [-0.1, -0.05) is 51.3 Å². The van der Waals surface area contributed by atoms with E-state index in [2.05, 4.69) is 18.4 Å². The number of rotatable bonds is 11. The van der Waals surface area contributed by atoms with E-state index < -0.39 is 5.82 Å². The largest absolute Gasteiger partial charge is 0.345 e. The van der Waals surface area contributed by atoms with Gasteiger partial charge in [-0.05, 0) is 73.2 Å². The summed E-state index contributed by atoms with van der Waals surface area (Å²) in [6, 6.07) is 16.2. The standard InChI is InChI=1S/C32H39F2N3O2/c1-24(2)17-19-36(32(39)26-8-6-9-28(34)20-26)23-31(38)37(29-10-4-3-5-11-29)22-30-12-7-18-35(30)21-25-13-15-27(33)16-14-25/h6-9,12-16,18,20,24,29H,3-5,10-11,17,19,21-23H2,1-2H3. The van der Waals surface area contributed by atoms with Crippen LogP contribution in [0.1, 0.15) is 74.0 Å². The lowest BCUT2D eigenvalue weighted by Gasteiger charge is -2.36. The van der Waals surface area contributed by atoms with Crippen molar-refractivity contribution in [3.05, 3.63) is 95.3 Å². The number of benzene rings is 2. The molecule has 1 fully saturated rings. The molecule has 0 atom stereocenters. The molecule has 5 nitrogen and oxygen atoms in total. The summed E-state index contributed by atoms with van der Waals surface area (Å²) < 4.78 is 29.4. The fourth-order valence-electron chi connectivity index (χ4n) is 5.25. The van der Waals surface area contributed by atoms with Crippen molar-refractivity contribution in [3.63, 3.8) is 0 Å². The molecule has 0 radical (unpaired) electrons. The van der Waals surface area contributed by atoms with Crippen molar-refractivity contribution in [1.29, 1.82) is 0 Å². The highest BCUT2D eigenvalue weighted by molar-refractivity contribution is 5.96. The Labute approximate surface area is 230 Å². The predicted octanol–water partition coefficient (Wildman–Crippen LogP) is 6.66. The Hall–Kier alpha value is -3.48. The summed E-state index contributed by atoms with van der Waals surface area (Å²) in [6.07, 6.45) is 7.91. The summed E-state index contributed by atoms with van der Waals surface area (Å²) in [5.41, 5.74) is 2.22. The first-order chi connectivity index (χ1) is 18.8. The van der Waals surface area contributed by atoms with Crippen LogP contribution in [0.25, 0.3) is 0 Å². The van der Waals surface area contributed by atoms with E-state index in [0.29, 0.717) is 25.6 Å². The molecule has 1 saturated carbocycles. The molecule has 0 spiro atoms. The van der Waals surface area contributed by atoms with Gasteiger partial charge in [0.25, 0.3) is 5.91 Å². The maximum Gasteiger partial charge on any atom is 0.254 e. The van der Waals surface area contributed by atoms with E-state index in [0.717, 1.165) is 49.8 Å². The van der Waals surface area contributed by atoms with Crippen molar-refractivity contribution >= 4 is 11.8 Å². The fraction of sp³-hybridized carbons (Fsp3) is 0.438. The maximum absolute atomic E-state index is 13.9. The van der Waals surface area contributed by atoms with Gasteiger partial charge >= 0.3 is 0 Å². The van der Waals surface area contributed by atoms with Gasteiger partial charge in [-0.15, -0.1) is 0 Å². The molecule has 0 saturated heterocycles. The van der Waals surface area contributed by atoms with E-state index >= 15 is 0 Å². The molecule has 2 aromatic carbocycles. The van der Waals surface area contributed by atoms with Crippen LogP contribution in [0.15, 0.2) is 66.9 Å². The molecule has 1 aliphatic carbocycles. The van der Waals surface area contributed by atoms with Crippen molar-refractivity contribution < 1.29 is 18.4 Å². The number of hydrogen-bond donors (Lipinski definition) is 0. The topological polar surface area (TPSA) is 45.6 Å². The van der Waals surface area contributed by atoms with Gasteiger partial charge in [0.15, 0.2) is 0 Å². The zero-order valence-corrected chi connectivity index (χ0v) is 23.0. The van der Waals surface area contributed by atoms with Gasteiger partial charge in [0.2, 0.25) is 5.91 Å². The average molecular weight is 536 g/mol. The Bertz CT molecular complexity index is 1230. The zero-order chi connectivity index (χ0) is 27.8. The van der Waals surface area contributed by atoms with E-state index in [1.165, 1.54) is 30.3 Å². The molecule has 0 unspecified atom stereocenters. The van der Waals surface area contributed by atoms with E-state index in [9.17, 15) is 18.4 Å². The highest BCUT2D eigenvalue weighted by Gasteiger charge is 2.29. The van der Waals surface area contributed by atoms with Crippen LogP contribution >= 0.6 is 0 Å². The molecule has 39 heavy (non-hydrogen) atoms. The van der Waals surface area contributed by atoms with Crippen LogP contribution in [0.3, 0.4) is 0 Å². The first-order valence-electron chi connectivity index (χ1n) is 14.0. The lowest BCUT2D eigenvalue weighted by atomic mass is 9.94. The highest BCUT2D eigenvalue weighted by atomic mass is 19.1. The van der Waals surface area contributed by atoms with Crippen molar-refractivity contribution in [2.75, 3.05) is 13.1 Å². The summed E-state index contributed by atoms with van der Waals surface area (Å²) in [5.74, 6) is -0.805. The van der Waals surface area contributed by atoms with Crippen LogP contribution in [0, 0.1) is 17.6 Å². The van der Waals surface area contributed by atoms with Gasteiger partial charge in [-0.3, -0.25) is 9.59 Å². The first-order valence-corrected chi connectivity index (χ1v) is 14.0. The lowest BCUT2D eigenvalue weighted by Crippen LogP contribution is -2.48. The molecule has 7 heteroatoms. The quantitative estimate of drug-likeness (QED) is 0.276. The van der Waals surface area contributed by atoms with Crippen LogP contribution in [0.5, 0.6) is 0 Å². The summed E-state index contributed by atoms with van der Waals surface area (Å²) in [6.45, 7) is 5.56. The molecule has 3 aromatic rings. The normalized spacial score (nSPS) is 14.0. The third-order valence-corrected chi connectivity index (χ3v) is 7.52. The number of hydrogen-bond acceptors (Lipinski definition) is 2. The van der Waals surface area contributed by atoms with Crippen LogP contribution < -0.4 is 0 Å². The number of amides is 2. The number of aromatic nitrogens is 1. The predicted molar refractivity (Wildman–Crippen MR) is 149 cm³/mol. The second-order valence-corrected chi connectivity index (χ2v) is 11.0. The van der Waals surface area contributed by atoms with E-state index in [-0.39, 0.29) is 35.8 Å². The Kier molecular flexibility index (Phi) is 9.90. The van der Waals surface area contributed by atoms with Gasteiger partial charge in [0.05, 0.1) is 6.54 Å². The molecule has 0 N–H and O–H groups in total. The molecule has 1 heterocycles. The van der Waals surface area contributed by atoms with Crippen molar-refractivity contribution in [2.45, 2.75) is 71.5 Å². The van der Waals surface area contributed by atoms with Crippen molar-refractivity contribution in [2.24, 2.45) is 5.92 Å². The van der Waals surface area contributed by atoms with Gasteiger partial charge < -0.3 is 14.4 Å². The molecule has 2 amide bonds. The average Bonchev–Trinajstić information content (AvgIpc) is 3.37. The van der Waals surface area contributed by atoms with Crippen LogP contribution in [-0.4, -0.2) is 45.3 Å². The number of carbonyl (C=O) groups excluding carboxylic acids is 2. The SMILES string of the molecule is CC(C)CCN(CC(=O)N(Cc1cccn1Cc1ccc(F)cc1)C1CCCCC1)C(=O)c1cccc(F)c1. The summed E-state index contributed by atoms with van der Waals surface area (Å²) in [4.78, 5) is 30.9. The smallest absolute Gasteiger partial charge is 0.254 e. The third-order valence-electron chi connectivity index (χ3n) is 7.52. The molecule has 1 aromatic heterocycles. The molecule has 1 aliphatic rings. The summed E-state index contributed by atoms with van der Waals surface area (Å²) in [5, 5.41) is 0. The lowest BCUT2D eigenvalue weighted by molar-refractivity contribution is -0.135.